The molecule has 0 atom stereocenters. The standard InChI is InChI=1S/C16H21ClN4O3/c1-3-14(22)18-10-15(23)20-5-4-6-21(8-7-20)16(24)13-9-12(17)11-19(13)2/h3,9,11H,1,4-8,10H2,2H3,(H,18,22). The highest BCUT2D eigenvalue weighted by Gasteiger charge is 2.24. The van der Waals surface area contributed by atoms with Gasteiger partial charge in [0, 0.05) is 39.4 Å². The van der Waals surface area contributed by atoms with Crippen molar-refractivity contribution in [1.29, 1.82) is 0 Å². The molecule has 1 aliphatic heterocycles. The summed E-state index contributed by atoms with van der Waals surface area (Å²) in [5.74, 6) is -0.643. The summed E-state index contributed by atoms with van der Waals surface area (Å²) >= 11 is 5.93. The van der Waals surface area contributed by atoms with E-state index in [4.69, 9.17) is 11.6 Å². The van der Waals surface area contributed by atoms with Gasteiger partial charge >= 0.3 is 0 Å². The maximum Gasteiger partial charge on any atom is 0.270 e. The maximum absolute atomic E-state index is 12.6. The maximum atomic E-state index is 12.6. The van der Waals surface area contributed by atoms with E-state index >= 15 is 0 Å². The van der Waals surface area contributed by atoms with Gasteiger partial charge in [-0.1, -0.05) is 18.2 Å². The Balaban J connectivity index is 1.93. The average Bonchev–Trinajstić information content (AvgIpc) is 2.77. The van der Waals surface area contributed by atoms with Gasteiger partial charge in [0.1, 0.15) is 5.69 Å². The third-order valence-electron chi connectivity index (χ3n) is 3.93. The number of hydrogen-bond acceptors (Lipinski definition) is 3. The molecule has 0 spiro atoms. The van der Waals surface area contributed by atoms with E-state index in [2.05, 4.69) is 11.9 Å². The van der Waals surface area contributed by atoms with Gasteiger partial charge in [0.25, 0.3) is 5.91 Å². The summed E-state index contributed by atoms with van der Waals surface area (Å²) in [4.78, 5) is 39.2. The first-order valence-corrected chi connectivity index (χ1v) is 8.09. The van der Waals surface area contributed by atoms with Gasteiger partial charge in [0.15, 0.2) is 0 Å². The molecule has 0 radical (unpaired) electrons. The van der Waals surface area contributed by atoms with Crippen LogP contribution in [-0.4, -0.2) is 64.8 Å². The van der Waals surface area contributed by atoms with Gasteiger partial charge in [0.2, 0.25) is 11.8 Å². The Bertz CT molecular complexity index is 656. The quantitative estimate of drug-likeness (QED) is 0.809. The van der Waals surface area contributed by atoms with Crippen LogP contribution in [0.4, 0.5) is 0 Å². The predicted molar refractivity (Wildman–Crippen MR) is 90.7 cm³/mol. The van der Waals surface area contributed by atoms with E-state index in [1.165, 1.54) is 0 Å². The van der Waals surface area contributed by atoms with Gasteiger partial charge < -0.3 is 19.7 Å². The second kappa shape index (κ2) is 8.01. The molecule has 2 rings (SSSR count). The molecule has 1 aliphatic rings. The average molecular weight is 353 g/mol. The molecule has 0 unspecified atom stereocenters. The number of amides is 3. The molecule has 1 fully saturated rings. The predicted octanol–water partition coefficient (Wildman–Crippen LogP) is 0.655. The first-order chi connectivity index (χ1) is 11.4. The fourth-order valence-electron chi connectivity index (χ4n) is 2.62. The summed E-state index contributed by atoms with van der Waals surface area (Å²) in [6, 6.07) is 1.64. The van der Waals surface area contributed by atoms with Crippen LogP contribution in [0.3, 0.4) is 0 Å². The van der Waals surface area contributed by atoms with Gasteiger partial charge in [-0.2, -0.15) is 0 Å². The normalized spacial score (nSPS) is 14.9. The number of aryl methyl sites for hydroxylation is 1. The molecule has 130 valence electrons. The minimum absolute atomic E-state index is 0.0633. The molecule has 1 aromatic rings. The lowest BCUT2D eigenvalue weighted by molar-refractivity contribution is -0.131. The molecule has 2 heterocycles. The lowest BCUT2D eigenvalue weighted by Crippen LogP contribution is -2.42. The van der Waals surface area contributed by atoms with Crippen molar-refractivity contribution in [3.8, 4) is 0 Å². The Labute approximate surface area is 145 Å². The molecule has 0 aromatic carbocycles. The Morgan fingerprint density at radius 1 is 1.25 bits per heavy atom. The van der Waals surface area contributed by atoms with E-state index in [0.717, 1.165) is 6.08 Å². The molecular weight excluding hydrogens is 332 g/mol. The molecule has 24 heavy (non-hydrogen) atoms. The largest absolute Gasteiger partial charge is 0.345 e. The van der Waals surface area contributed by atoms with Crippen LogP contribution < -0.4 is 5.32 Å². The number of halogens is 1. The molecule has 0 aliphatic carbocycles. The lowest BCUT2D eigenvalue weighted by Gasteiger charge is -2.22. The first-order valence-electron chi connectivity index (χ1n) is 7.71. The number of nitrogens with zero attached hydrogens (tertiary/aromatic N) is 3. The summed E-state index contributed by atoms with van der Waals surface area (Å²) in [7, 11) is 1.77. The van der Waals surface area contributed by atoms with Gasteiger partial charge in [-0.05, 0) is 18.6 Å². The molecule has 1 saturated heterocycles. The van der Waals surface area contributed by atoms with E-state index in [-0.39, 0.29) is 24.3 Å². The number of hydrogen-bond donors (Lipinski definition) is 1. The van der Waals surface area contributed by atoms with Crippen molar-refractivity contribution in [3.63, 3.8) is 0 Å². The molecule has 0 saturated carbocycles. The van der Waals surface area contributed by atoms with E-state index < -0.39 is 0 Å². The van der Waals surface area contributed by atoms with Crippen molar-refractivity contribution < 1.29 is 14.4 Å². The van der Waals surface area contributed by atoms with Gasteiger partial charge in [-0.3, -0.25) is 14.4 Å². The minimum Gasteiger partial charge on any atom is -0.345 e. The number of rotatable bonds is 4. The first kappa shape index (κ1) is 18.1. The second-order valence-electron chi connectivity index (χ2n) is 5.60. The number of carbonyl (C=O) groups excluding carboxylic acids is 3. The summed E-state index contributed by atoms with van der Waals surface area (Å²) in [6.45, 7) is 5.29. The highest BCUT2D eigenvalue weighted by atomic mass is 35.5. The van der Waals surface area contributed by atoms with E-state index in [1.54, 1.807) is 33.7 Å². The van der Waals surface area contributed by atoms with Crippen molar-refractivity contribution in [3.05, 3.63) is 35.6 Å². The van der Waals surface area contributed by atoms with Crippen LogP contribution in [0, 0.1) is 0 Å². The van der Waals surface area contributed by atoms with Crippen molar-refractivity contribution >= 4 is 29.3 Å². The molecule has 0 bridgehead atoms. The SMILES string of the molecule is C=CC(=O)NCC(=O)N1CCCN(C(=O)c2cc(Cl)cn2C)CC1. The van der Waals surface area contributed by atoms with E-state index in [0.29, 0.717) is 43.3 Å². The van der Waals surface area contributed by atoms with E-state index in [9.17, 15) is 14.4 Å². The van der Waals surface area contributed by atoms with Gasteiger partial charge in [0.05, 0.1) is 11.6 Å². The number of nitrogens with one attached hydrogen (secondary N) is 1. The molecule has 1 N–H and O–H groups in total. The summed E-state index contributed by atoms with van der Waals surface area (Å²) in [5, 5.41) is 2.99. The van der Waals surface area contributed by atoms with Crippen molar-refractivity contribution in [2.24, 2.45) is 7.05 Å². The van der Waals surface area contributed by atoms with E-state index in [1.807, 2.05) is 0 Å². The minimum atomic E-state index is -0.379. The van der Waals surface area contributed by atoms with Crippen LogP contribution >= 0.6 is 11.6 Å². The monoisotopic (exact) mass is 352 g/mol. The third-order valence-corrected chi connectivity index (χ3v) is 4.13. The molecule has 8 heteroatoms. The summed E-state index contributed by atoms with van der Waals surface area (Å²) < 4.78 is 1.70. The molecular formula is C16H21ClN4O3. The summed E-state index contributed by atoms with van der Waals surface area (Å²) in [6.07, 6.45) is 3.50. The van der Waals surface area contributed by atoms with Crippen LogP contribution in [0.25, 0.3) is 0 Å². The molecule has 1 aromatic heterocycles. The lowest BCUT2D eigenvalue weighted by atomic mass is 10.3. The summed E-state index contributed by atoms with van der Waals surface area (Å²) in [5.41, 5.74) is 0.526. The Morgan fingerprint density at radius 2 is 1.92 bits per heavy atom. The van der Waals surface area contributed by atoms with Crippen LogP contribution in [-0.2, 0) is 16.6 Å². The zero-order valence-corrected chi connectivity index (χ0v) is 14.4. The van der Waals surface area contributed by atoms with Crippen molar-refractivity contribution in [1.82, 2.24) is 19.7 Å². The fourth-order valence-corrected chi connectivity index (χ4v) is 2.87. The smallest absolute Gasteiger partial charge is 0.270 e. The highest BCUT2D eigenvalue weighted by molar-refractivity contribution is 6.31. The van der Waals surface area contributed by atoms with Crippen LogP contribution in [0.15, 0.2) is 24.9 Å². The van der Waals surface area contributed by atoms with Crippen molar-refractivity contribution in [2.45, 2.75) is 6.42 Å². The number of aromatic nitrogens is 1. The van der Waals surface area contributed by atoms with Crippen LogP contribution in [0.5, 0.6) is 0 Å². The number of carbonyl (C=O) groups is 3. The Kier molecular flexibility index (Phi) is 6.03. The third kappa shape index (κ3) is 4.38. The zero-order valence-electron chi connectivity index (χ0n) is 13.6. The molecule has 3 amide bonds. The van der Waals surface area contributed by atoms with Gasteiger partial charge in [-0.25, -0.2) is 0 Å². The van der Waals surface area contributed by atoms with Crippen LogP contribution in [0.2, 0.25) is 5.02 Å². The second-order valence-corrected chi connectivity index (χ2v) is 6.04. The fraction of sp³-hybridized carbons (Fsp3) is 0.438. The van der Waals surface area contributed by atoms with Crippen molar-refractivity contribution in [2.75, 3.05) is 32.7 Å². The Hall–Kier alpha value is -2.28. The highest BCUT2D eigenvalue weighted by Crippen LogP contribution is 2.16. The van der Waals surface area contributed by atoms with Gasteiger partial charge in [-0.15, -0.1) is 0 Å². The zero-order chi connectivity index (χ0) is 17.7. The Morgan fingerprint density at radius 3 is 2.54 bits per heavy atom. The van der Waals surface area contributed by atoms with Crippen LogP contribution in [0.1, 0.15) is 16.9 Å². The molecule has 7 nitrogen and oxygen atoms in total. The topological polar surface area (TPSA) is 74.7 Å².